The van der Waals surface area contributed by atoms with Crippen LogP contribution in [0.1, 0.15) is 39.0 Å². The summed E-state index contributed by atoms with van der Waals surface area (Å²) >= 11 is 0. The second kappa shape index (κ2) is 5.22. The van der Waals surface area contributed by atoms with Crippen LogP contribution < -0.4 is 5.73 Å². The Hall–Kier alpha value is -0.570. The van der Waals surface area contributed by atoms with E-state index in [1.165, 1.54) is 0 Å². The number of hydrogen-bond acceptors (Lipinski definition) is 2. The minimum absolute atomic E-state index is 0.326. The van der Waals surface area contributed by atoms with E-state index in [-0.39, 0.29) is 0 Å². The Morgan fingerprint density at radius 2 is 2.31 bits per heavy atom. The molecule has 1 rings (SSSR count). The maximum Gasteiger partial charge on any atom is 0.222 e. The monoisotopic (exact) mass is 184 g/mol. The molecule has 0 radical (unpaired) electrons. The second-order valence-electron chi connectivity index (χ2n) is 3.68. The summed E-state index contributed by atoms with van der Waals surface area (Å²) in [4.78, 5) is 13.6. The fourth-order valence-electron chi connectivity index (χ4n) is 1.99. The lowest BCUT2D eigenvalue weighted by Gasteiger charge is -2.34. The Morgan fingerprint density at radius 3 is 2.85 bits per heavy atom. The minimum Gasteiger partial charge on any atom is -0.340 e. The lowest BCUT2D eigenvalue weighted by Crippen LogP contribution is -2.43. The van der Waals surface area contributed by atoms with E-state index in [1.54, 1.807) is 0 Å². The molecule has 0 aliphatic carbocycles. The van der Waals surface area contributed by atoms with Crippen molar-refractivity contribution in [2.24, 2.45) is 5.73 Å². The molecule has 1 saturated heterocycles. The molecule has 3 nitrogen and oxygen atoms in total. The van der Waals surface area contributed by atoms with Gasteiger partial charge < -0.3 is 10.6 Å². The molecular weight excluding hydrogens is 164 g/mol. The van der Waals surface area contributed by atoms with Gasteiger partial charge in [0.05, 0.1) is 0 Å². The van der Waals surface area contributed by atoms with Gasteiger partial charge in [0.2, 0.25) is 5.91 Å². The first-order chi connectivity index (χ1) is 6.29. The standard InChI is InChI=1S/C10H20N2O/c1-2-9(6-7-11)12-8-4-3-5-10(12)13/h9H,2-8,11H2,1H3. The van der Waals surface area contributed by atoms with Crippen molar-refractivity contribution in [2.45, 2.75) is 45.1 Å². The molecule has 0 aromatic heterocycles. The Morgan fingerprint density at radius 1 is 1.54 bits per heavy atom. The van der Waals surface area contributed by atoms with E-state index in [1.807, 2.05) is 4.90 Å². The second-order valence-corrected chi connectivity index (χ2v) is 3.68. The zero-order valence-electron chi connectivity index (χ0n) is 8.46. The molecule has 1 aliphatic heterocycles. The van der Waals surface area contributed by atoms with Gasteiger partial charge in [0.15, 0.2) is 0 Å². The summed E-state index contributed by atoms with van der Waals surface area (Å²) in [5, 5.41) is 0. The van der Waals surface area contributed by atoms with Crippen molar-refractivity contribution >= 4 is 5.91 Å². The number of hydrogen-bond donors (Lipinski definition) is 1. The molecule has 1 unspecified atom stereocenters. The van der Waals surface area contributed by atoms with E-state index < -0.39 is 0 Å². The lowest BCUT2D eigenvalue weighted by atomic mass is 10.0. The predicted molar refractivity (Wildman–Crippen MR) is 53.3 cm³/mol. The van der Waals surface area contributed by atoms with Crippen LogP contribution in [0.15, 0.2) is 0 Å². The quantitative estimate of drug-likeness (QED) is 0.712. The normalized spacial score (nSPS) is 20.5. The van der Waals surface area contributed by atoms with Gasteiger partial charge in [-0.3, -0.25) is 4.79 Å². The van der Waals surface area contributed by atoms with Gasteiger partial charge in [-0.25, -0.2) is 0 Å². The van der Waals surface area contributed by atoms with Gasteiger partial charge in [-0.15, -0.1) is 0 Å². The maximum atomic E-state index is 11.6. The average Bonchev–Trinajstić information content (AvgIpc) is 2.16. The highest BCUT2D eigenvalue weighted by molar-refractivity contribution is 5.77. The highest BCUT2D eigenvalue weighted by Crippen LogP contribution is 2.17. The van der Waals surface area contributed by atoms with Crippen LogP contribution in [0.5, 0.6) is 0 Å². The zero-order chi connectivity index (χ0) is 9.68. The van der Waals surface area contributed by atoms with Crippen LogP contribution in [0.4, 0.5) is 0 Å². The van der Waals surface area contributed by atoms with Crippen LogP contribution in [0.2, 0.25) is 0 Å². The van der Waals surface area contributed by atoms with Crippen LogP contribution in [0.3, 0.4) is 0 Å². The summed E-state index contributed by atoms with van der Waals surface area (Å²) in [6, 6.07) is 0.387. The van der Waals surface area contributed by atoms with Crippen molar-refractivity contribution in [1.29, 1.82) is 0 Å². The van der Waals surface area contributed by atoms with Crippen LogP contribution in [-0.2, 0) is 4.79 Å². The van der Waals surface area contributed by atoms with E-state index in [4.69, 9.17) is 5.73 Å². The fourth-order valence-corrected chi connectivity index (χ4v) is 1.99. The Kier molecular flexibility index (Phi) is 4.22. The van der Waals surface area contributed by atoms with Crippen molar-refractivity contribution in [1.82, 2.24) is 4.90 Å². The molecule has 13 heavy (non-hydrogen) atoms. The van der Waals surface area contributed by atoms with Crippen molar-refractivity contribution in [3.63, 3.8) is 0 Å². The number of nitrogens with two attached hydrogens (primary N) is 1. The SMILES string of the molecule is CCC(CCN)N1CCCCC1=O. The molecule has 0 aromatic rings. The molecule has 3 heteroatoms. The molecule has 1 amide bonds. The van der Waals surface area contributed by atoms with Crippen molar-refractivity contribution in [3.05, 3.63) is 0 Å². The van der Waals surface area contributed by atoms with Crippen LogP contribution in [0, 0.1) is 0 Å². The van der Waals surface area contributed by atoms with Crippen molar-refractivity contribution < 1.29 is 4.79 Å². The van der Waals surface area contributed by atoms with E-state index >= 15 is 0 Å². The first kappa shape index (κ1) is 10.5. The van der Waals surface area contributed by atoms with E-state index in [9.17, 15) is 4.79 Å². The number of carbonyl (C=O) groups excluding carboxylic acids is 1. The number of nitrogens with zero attached hydrogens (tertiary/aromatic N) is 1. The molecule has 0 spiro atoms. The first-order valence-corrected chi connectivity index (χ1v) is 5.29. The van der Waals surface area contributed by atoms with Crippen LogP contribution in [-0.4, -0.2) is 29.9 Å². The van der Waals surface area contributed by atoms with Crippen molar-refractivity contribution in [3.8, 4) is 0 Å². The third kappa shape index (κ3) is 2.69. The van der Waals surface area contributed by atoms with Crippen LogP contribution in [0.25, 0.3) is 0 Å². The lowest BCUT2D eigenvalue weighted by molar-refractivity contribution is -0.135. The van der Waals surface area contributed by atoms with Gasteiger partial charge >= 0.3 is 0 Å². The van der Waals surface area contributed by atoms with Gasteiger partial charge in [0, 0.05) is 19.0 Å². The summed E-state index contributed by atoms with van der Waals surface area (Å²) in [5.41, 5.74) is 5.52. The molecule has 1 heterocycles. The fraction of sp³-hybridized carbons (Fsp3) is 0.900. The highest BCUT2D eigenvalue weighted by Gasteiger charge is 2.23. The molecule has 0 bridgehead atoms. The first-order valence-electron chi connectivity index (χ1n) is 5.29. The predicted octanol–water partition coefficient (Wildman–Crippen LogP) is 1.13. The van der Waals surface area contributed by atoms with Gasteiger partial charge in [-0.2, -0.15) is 0 Å². The van der Waals surface area contributed by atoms with Crippen molar-refractivity contribution in [2.75, 3.05) is 13.1 Å². The van der Waals surface area contributed by atoms with Gasteiger partial charge in [-0.1, -0.05) is 6.92 Å². The molecule has 2 N–H and O–H groups in total. The Bertz CT molecular complexity index is 170. The summed E-state index contributed by atoms with van der Waals surface area (Å²) in [6.07, 6.45) is 4.94. The van der Waals surface area contributed by atoms with E-state index in [0.29, 0.717) is 18.5 Å². The summed E-state index contributed by atoms with van der Waals surface area (Å²) in [6.45, 7) is 3.75. The number of carbonyl (C=O) groups is 1. The topological polar surface area (TPSA) is 46.3 Å². The minimum atomic E-state index is 0.326. The summed E-state index contributed by atoms with van der Waals surface area (Å²) < 4.78 is 0. The number of amides is 1. The third-order valence-electron chi connectivity index (χ3n) is 2.77. The summed E-state index contributed by atoms with van der Waals surface area (Å²) in [7, 11) is 0. The molecule has 1 atom stereocenters. The zero-order valence-corrected chi connectivity index (χ0v) is 8.46. The molecule has 1 aliphatic rings. The third-order valence-corrected chi connectivity index (χ3v) is 2.77. The molecule has 76 valence electrons. The summed E-state index contributed by atoms with van der Waals surface area (Å²) in [5.74, 6) is 0.326. The maximum absolute atomic E-state index is 11.6. The Balaban J connectivity index is 2.49. The largest absolute Gasteiger partial charge is 0.340 e. The number of likely N-dealkylation sites (tertiary alicyclic amines) is 1. The molecule has 0 saturated carbocycles. The molecule has 0 aromatic carbocycles. The average molecular weight is 184 g/mol. The number of rotatable bonds is 4. The highest BCUT2D eigenvalue weighted by atomic mass is 16.2. The molecular formula is C10H20N2O. The molecule has 1 fully saturated rings. The van der Waals surface area contributed by atoms with E-state index in [0.717, 1.165) is 38.6 Å². The van der Waals surface area contributed by atoms with Gasteiger partial charge in [0.1, 0.15) is 0 Å². The van der Waals surface area contributed by atoms with Gasteiger partial charge in [0.25, 0.3) is 0 Å². The van der Waals surface area contributed by atoms with E-state index in [2.05, 4.69) is 6.92 Å². The smallest absolute Gasteiger partial charge is 0.222 e. The van der Waals surface area contributed by atoms with Crippen LogP contribution >= 0.6 is 0 Å². The Labute approximate surface area is 80.3 Å². The van der Waals surface area contributed by atoms with Gasteiger partial charge in [-0.05, 0) is 32.2 Å². The number of piperidine rings is 1.